The largest absolute Gasteiger partial charge is 0.618 e. The summed E-state index contributed by atoms with van der Waals surface area (Å²) in [7, 11) is 0. The van der Waals surface area contributed by atoms with Crippen molar-refractivity contribution in [2.45, 2.75) is 5.03 Å². The van der Waals surface area contributed by atoms with E-state index >= 15 is 0 Å². The zero-order chi connectivity index (χ0) is 8.10. The summed E-state index contributed by atoms with van der Waals surface area (Å²) in [6.45, 7) is 0. The molecule has 0 saturated carbocycles. The highest BCUT2D eigenvalue weighted by molar-refractivity contribution is 7.99. The summed E-state index contributed by atoms with van der Waals surface area (Å²) < 4.78 is 0.752. The molecule has 0 aliphatic rings. The number of rotatable bonds is 2. The van der Waals surface area contributed by atoms with Gasteiger partial charge in [0.25, 0.3) is 5.03 Å². The highest BCUT2D eigenvalue weighted by Crippen LogP contribution is 2.10. The zero-order valence-electron chi connectivity index (χ0n) is 5.73. The fraction of sp³-hybridized carbons (Fsp3) is 0.143. The molecule has 0 aliphatic heterocycles. The van der Waals surface area contributed by atoms with Gasteiger partial charge in [-0.1, -0.05) is 0 Å². The molecule has 0 N–H and O–H groups in total. The monoisotopic (exact) mass is 166 g/mol. The van der Waals surface area contributed by atoms with E-state index in [1.165, 1.54) is 18.0 Å². The van der Waals surface area contributed by atoms with Gasteiger partial charge < -0.3 is 5.21 Å². The molecule has 0 spiro atoms. The molecule has 0 bridgehead atoms. The van der Waals surface area contributed by atoms with E-state index in [0.29, 0.717) is 10.8 Å². The maximum Gasteiger partial charge on any atom is 0.252 e. The van der Waals surface area contributed by atoms with Crippen LogP contribution in [0.5, 0.6) is 0 Å². The fourth-order valence-electron chi connectivity index (χ4n) is 0.631. The van der Waals surface area contributed by atoms with Crippen molar-refractivity contribution in [2.75, 3.05) is 5.75 Å². The van der Waals surface area contributed by atoms with Crippen LogP contribution in [0.1, 0.15) is 0 Å². The normalized spacial score (nSPS) is 9.00. The Hall–Kier alpha value is -1.21. The van der Waals surface area contributed by atoms with Crippen LogP contribution in [-0.4, -0.2) is 5.75 Å². The Labute approximate surface area is 68.9 Å². The van der Waals surface area contributed by atoms with Crippen molar-refractivity contribution in [3.8, 4) is 6.07 Å². The topological polar surface area (TPSA) is 50.7 Å². The summed E-state index contributed by atoms with van der Waals surface area (Å²) in [5.41, 5.74) is 0. The highest BCUT2D eigenvalue weighted by atomic mass is 32.2. The Morgan fingerprint density at radius 2 is 2.45 bits per heavy atom. The third-order valence-corrected chi connectivity index (χ3v) is 1.96. The summed E-state index contributed by atoms with van der Waals surface area (Å²) in [6, 6.07) is 7.07. The van der Waals surface area contributed by atoms with E-state index in [9.17, 15) is 5.21 Å². The first-order chi connectivity index (χ1) is 5.34. The molecular formula is C7H6N2OS. The van der Waals surface area contributed by atoms with Crippen molar-refractivity contribution in [1.29, 1.82) is 5.26 Å². The summed E-state index contributed by atoms with van der Waals surface area (Å²) in [5.74, 6) is 0.312. The Kier molecular flexibility index (Phi) is 2.75. The van der Waals surface area contributed by atoms with Gasteiger partial charge in [-0.15, -0.1) is 0 Å². The molecule has 1 heterocycles. The molecule has 1 aromatic rings. The number of hydrogen-bond donors (Lipinski definition) is 0. The van der Waals surface area contributed by atoms with E-state index in [2.05, 4.69) is 0 Å². The molecule has 0 amide bonds. The number of nitrogens with zero attached hydrogens (tertiary/aromatic N) is 2. The average Bonchev–Trinajstić information content (AvgIpc) is 2.03. The maximum atomic E-state index is 10.9. The standard InChI is InChI=1S/C7H6N2OS/c8-4-6-11-7-3-1-2-5-9(7)10/h1-3,5H,6H2. The van der Waals surface area contributed by atoms with Crippen LogP contribution in [0.15, 0.2) is 29.4 Å². The molecule has 0 fully saturated rings. The van der Waals surface area contributed by atoms with Crippen LogP contribution in [0.4, 0.5) is 0 Å². The third-order valence-electron chi connectivity index (χ3n) is 1.07. The third kappa shape index (κ3) is 2.13. The van der Waals surface area contributed by atoms with Gasteiger partial charge >= 0.3 is 0 Å². The highest BCUT2D eigenvalue weighted by Gasteiger charge is 2.01. The lowest BCUT2D eigenvalue weighted by molar-refractivity contribution is -0.645. The lowest BCUT2D eigenvalue weighted by atomic mass is 10.5. The van der Waals surface area contributed by atoms with Gasteiger partial charge in [-0.05, 0) is 17.8 Å². The van der Waals surface area contributed by atoms with Crippen LogP contribution >= 0.6 is 11.8 Å². The van der Waals surface area contributed by atoms with Crippen molar-refractivity contribution >= 4 is 11.8 Å². The average molecular weight is 166 g/mol. The zero-order valence-corrected chi connectivity index (χ0v) is 6.54. The minimum atomic E-state index is 0.312. The van der Waals surface area contributed by atoms with E-state index in [1.54, 1.807) is 18.2 Å². The van der Waals surface area contributed by atoms with Crippen molar-refractivity contribution in [3.63, 3.8) is 0 Å². The van der Waals surface area contributed by atoms with E-state index < -0.39 is 0 Å². The van der Waals surface area contributed by atoms with Crippen LogP contribution < -0.4 is 4.73 Å². The van der Waals surface area contributed by atoms with Crippen molar-refractivity contribution in [2.24, 2.45) is 0 Å². The second-order valence-corrected chi connectivity index (χ2v) is 2.81. The fourth-order valence-corrected chi connectivity index (χ4v) is 1.21. The van der Waals surface area contributed by atoms with Crippen LogP contribution in [0.3, 0.4) is 0 Å². The summed E-state index contributed by atoms with van der Waals surface area (Å²) in [5, 5.41) is 19.7. The maximum absolute atomic E-state index is 10.9. The summed E-state index contributed by atoms with van der Waals surface area (Å²) >= 11 is 1.24. The van der Waals surface area contributed by atoms with Gasteiger partial charge in [0.1, 0.15) is 0 Å². The quantitative estimate of drug-likeness (QED) is 0.373. The van der Waals surface area contributed by atoms with Crippen molar-refractivity contribution < 1.29 is 4.73 Å². The van der Waals surface area contributed by atoms with E-state index in [0.717, 1.165) is 4.73 Å². The first-order valence-electron chi connectivity index (χ1n) is 3.02. The lowest BCUT2D eigenvalue weighted by Crippen LogP contribution is -2.27. The first-order valence-corrected chi connectivity index (χ1v) is 4.01. The second-order valence-electron chi connectivity index (χ2n) is 1.81. The van der Waals surface area contributed by atoms with E-state index in [1.807, 2.05) is 6.07 Å². The number of thioether (sulfide) groups is 1. The Bertz CT molecular complexity index is 282. The van der Waals surface area contributed by atoms with E-state index in [4.69, 9.17) is 5.26 Å². The van der Waals surface area contributed by atoms with Crippen LogP contribution in [0.2, 0.25) is 0 Å². The molecule has 0 aromatic carbocycles. The van der Waals surface area contributed by atoms with Gasteiger partial charge in [0.2, 0.25) is 0 Å². The van der Waals surface area contributed by atoms with Gasteiger partial charge in [0.05, 0.1) is 11.8 Å². The number of hydrogen-bond acceptors (Lipinski definition) is 3. The van der Waals surface area contributed by atoms with Crippen LogP contribution in [-0.2, 0) is 0 Å². The summed E-state index contributed by atoms with van der Waals surface area (Å²) in [6.07, 6.45) is 1.42. The molecular weight excluding hydrogens is 160 g/mol. The van der Waals surface area contributed by atoms with Gasteiger partial charge in [0, 0.05) is 12.1 Å². The molecule has 0 unspecified atom stereocenters. The molecule has 0 aliphatic carbocycles. The molecule has 4 heteroatoms. The minimum absolute atomic E-state index is 0.312. The smallest absolute Gasteiger partial charge is 0.252 e. The lowest BCUT2D eigenvalue weighted by Gasteiger charge is -1.98. The Morgan fingerprint density at radius 3 is 3.09 bits per heavy atom. The number of nitriles is 1. The number of aromatic nitrogens is 1. The molecule has 0 saturated heterocycles. The molecule has 0 radical (unpaired) electrons. The number of pyridine rings is 1. The minimum Gasteiger partial charge on any atom is -0.618 e. The Morgan fingerprint density at radius 1 is 1.64 bits per heavy atom. The SMILES string of the molecule is N#CCSc1cccc[n+]1[O-]. The second kappa shape index (κ2) is 3.84. The Balaban J connectivity index is 2.71. The predicted octanol–water partition coefficient (Wildman–Crippen LogP) is 0.936. The molecule has 56 valence electrons. The predicted molar refractivity (Wildman–Crippen MR) is 41.7 cm³/mol. The van der Waals surface area contributed by atoms with Crippen LogP contribution in [0.25, 0.3) is 0 Å². The van der Waals surface area contributed by atoms with Gasteiger partial charge in [-0.25, -0.2) is 0 Å². The first kappa shape index (κ1) is 7.89. The molecule has 0 atom stereocenters. The van der Waals surface area contributed by atoms with Crippen LogP contribution in [0, 0.1) is 16.5 Å². The van der Waals surface area contributed by atoms with Gasteiger partial charge in [0.15, 0.2) is 6.20 Å². The molecule has 11 heavy (non-hydrogen) atoms. The van der Waals surface area contributed by atoms with Gasteiger partial charge in [-0.3, -0.25) is 0 Å². The van der Waals surface area contributed by atoms with Crippen molar-refractivity contribution in [3.05, 3.63) is 29.6 Å². The molecule has 3 nitrogen and oxygen atoms in total. The van der Waals surface area contributed by atoms with E-state index in [-0.39, 0.29) is 0 Å². The molecule has 1 aromatic heterocycles. The summed E-state index contributed by atoms with van der Waals surface area (Å²) in [4.78, 5) is 0. The van der Waals surface area contributed by atoms with Gasteiger partial charge in [-0.2, -0.15) is 9.99 Å². The van der Waals surface area contributed by atoms with Crippen molar-refractivity contribution in [1.82, 2.24) is 0 Å². The molecule has 1 rings (SSSR count).